The van der Waals surface area contributed by atoms with Crippen LogP contribution in [0.2, 0.25) is 10.0 Å². The molecule has 1 heterocycles. The molecular formula is C16H19Cl2F3N2O. The lowest BCUT2D eigenvalue weighted by Gasteiger charge is -2.34. The molecule has 2 rings (SSSR count). The van der Waals surface area contributed by atoms with E-state index in [0.717, 1.165) is 5.56 Å². The Morgan fingerprint density at radius 3 is 2.75 bits per heavy atom. The van der Waals surface area contributed by atoms with Crippen LogP contribution in [0.1, 0.15) is 31.4 Å². The minimum absolute atomic E-state index is 0.0370. The van der Waals surface area contributed by atoms with Crippen LogP contribution in [-0.4, -0.2) is 36.6 Å². The van der Waals surface area contributed by atoms with Crippen LogP contribution in [0.25, 0.3) is 0 Å². The molecule has 0 aliphatic carbocycles. The van der Waals surface area contributed by atoms with E-state index >= 15 is 0 Å². The summed E-state index contributed by atoms with van der Waals surface area (Å²) in [6.07, 6.45) is -3.80. The molecule has 1 fully saturated rings. The van der Waals surface area contributed by atoms with Crippen LogP contribution in [0, 0.1) is 5.92 Å². The number of amides is 1. The molecule has 134 valence electrons. The number of carbonyl (C=O) groups is 1. The van der Waals surface area contributed by atoms with Gasteiger partial charge in [0.05, 0.1) is 12.5 Å². The van der Waals surface area contributed by atoms with Crippen molar-refractivity contribution in [3.05, 3.63) is 33.8 Å². The van der Waals surface area contributed by atoms with Crippen molar-refractivity contribution in [1.29, 1.82) is 0 Å². The minimum atomic E-state index is -4.25. The third-order valence-electron chi connectivity index (χ3n) is 4.23. The van der Waals surface area contributed by atoms with E-state index in [-0.39, 0.29) is 31.5 Å². The Hall–Kier alpha value is -0.980. The number of rotatable bonds is 4. The maximum Gasteiger partial charge on any atom is 0.393 e. The quantitative estimate of drug-likeness (QED) is 0.834. The highest BCUT2D eigenvalue weighted by molar-refractivity contribution is 6.35. The van der Waals surface area contributed by atoms with E-state index in [9.17, 15) is 18.0 Å². The first-order valence-electron chi connectivity index (χ1n) is 7.71. The summed E-state index contributed by atoms with van der Waals surface area (Å²) in [6.45, 7) is 1.89. The molecule has 0 aromatic heterocycles. The number of nitrogens with zero attached hydrogens (tertiary/aromatic N) is 1. The highest BCUT2D eigenvalue weighted by atomic mass is 35.5. The Kier molecular flexibility index (Phi) is 6.39. The molecule has 3 nitrogen and oxygen atoms in total. The number of hydrogen-bond donors (Lipinski definition) is 1. The summed E-state index contributed by atoms with van der Waals surface area (Å²) in [7, 11) is 0. The largest absolute Gasteiger partial charge is 0.393 e. The average molecular weight is 383 g/mol. The van der Waals surface area contributed by atoms with E-state index in [1.54, 1.807) is 18.2 Å². The standard InChI is InChI=1S/C16H19Cl2F3N2O/c1-10(13-5-4-12(17)7-14(13)18)22-8-15(24)23-6-2-3-11(9-23)16(19,20)21/h4-5,7,10-11,22H,2-3,6,8-9H2,1H3. The van der Waals surface area contributed by atoms with Crippen LogP contribution in [0.4, 0.5) is 13.2 Å². The van der Waals surface area contributed by atoms with Gasteiger partial charge in [0.2, 0.25) is 5.91 Å². The highest BCUT2D eigenvalue weighted by Crippen LogP contribution is 2.33. The van der Waals surface area contributed by atoms with Gasteiger partial charge in [0.15, 0.2) is 0 Å². The van der Waals surface area contributed by atoms with Crippen LogP contribution >= 0.6 is 23.2 Å². The Balaban J connectivity index is 1.90. The molecule has 1 amide bonds. The average Bonchev–Trinajstić information content (AvgIpc) is 2.51. The monoisotopic (exact) mass is 382 g/mol. The molecule has 24 heavy (non-hydrogen) atoms. The molecule has 2 atom stereocenters. The summed E-state index contributed by atoms with van der Waals surface area (Å²) >= 11 is 12.0. The molecule has 0 radical (unpaired) electrons. The normalized spacial score (nSPS) is 20.1. The lowest BCUT2D eigenvalue weighted by atomic mass is 9.97. The number of alkyl halides is 3. The van der Waals surface area contributed by atoms with Gasteiger partial charge in [-0.1, -0.05) is 29.3 Å². The molecule has 0 bridgehead atoms. The fraction of sp³-hybridized carbons (Fsp3) is 0.562. The minimum Gasteiger partial charge on any atom is -0.341 e. The zero-order valence-corrected chi connectivity index (χ0v) is 14.7. The van der Waals surface area contributed by atoms with Crippen LogP contribution in [0.15, 0.2) is 18.2 Å². The Morgan fingerprint density at radius 1 is 1.42 bits per heavy atom. The fourth-order valence-electron chi connectivity index (χ4n) is 2.79. The van der Waals surface area contributed by atoms with Crippen molar-refractivity contribution in [3.8, 4) is 0 Å². The third-order valence-corrected chi connectivity index (χ3v) is 4.79. The highest BCUT2D eigenvalue weighted by Gasteiger charge is 2.42. The second-order valence-corrected chi connectivity index (χ2v) is 6.83. The molecule has 1 saturated heterocycles. The Bertz CT molecular complexity index is 595. The number of nitrogens with one attached hydrogen (secondary N) is 1. The van der Waals surface area contributed by atoms with Gasteiger partial charge in [-0.05, 0) is 37.5 Å². The van der Waals surface area contributed by atoms with Crippen LogP contribution in [-0.2, 0) is 4.79 Å². The lowest BCUT2D eigenvalue weighted by molar-refractivity contribution is -0.187. The topological polar surface area (TPSA) is 32.3 Å². The molecule has 0 spiro atoms. The molecule has 0 saturated carbocycles. The number of carbonyl (C=O) groups excluding carboxylic acids is 1. The van der Waals surface area contributed by atoms with Gasteiger partial charge in [-0.15, -0.1) is 0 Å². The van der Waals surface area contributed by atoms with Crippen molar-refractivity contribution in [3.63, 3.8) is 0 Å². The molecule has 8 heteroatoms. The molecule has 1 aliphatic heterocycles. The van der Waals surface area contributed by atoms with Gasteiger partial charge in [-0.25, -0.2) is 0 Å². The smallest absolute Gasteiger partial charge is 0.341 e. The molecule has 2 unspecified atom stereocenters. The van der Waals surface area contributed by atoms with Gasteiger partial charge in [-0.2, -0.15) is 13.2 Å². The van der Waals surface area contributed by atoms with Crippen molar-refractivity contribution in [2.75, 3.05) is 19.6 Å². The van der Waals surface area contributed by atoms with Crippen molar-refractivity contribution in [1.82, 2.24) is 10.2 Å². The van der Waals surface area contributed by atoms with Crippen LogP contribution in [0.3, 0.4) is 0 Å². The number of halogens is 5. The summed E-state index contributed by atoms with van der Waals surface area (Å²) in [5, 5.41) is 4.00. The number of likely N-dealkylation sites (tertiary alicyclic amines) is 1. The summed E-state index contributed by atoms with van der Waals surface area (Å²) in [5.74, 6) is -1.76. The Labute approximate surface area is 149 Å². The zero-order valence-electron chi connectivity index (χ0n) is 13.2. The van der Waals surface area contributed by atoms with Gasteiger partial charge in [0.25, 0.3) is 0 Å². The summed E-state index contributed by atoms with van der Waals surface area (Å²) in [4.78, 5) is 13.5. The fourth-order valence-corrected chi connectivity index (χ4v) is 3.36. The second kappa shape index (κ2) is 7.93. The number of piperidine rings is 1. The van der Waals surface area contributed by atoms with E-state index in [1.807, 2.05) is 6.92 Å². The second-order valence-electron chi connectivity index (χ2n) is 5.99. The van der Waals surface area contributed by atoms with Gasteiger partial charge >= 0.3 is 6.18 Å². The zero-order chi connectivity index (χ0) is 17.9. The van der Waals surface area contributed by atoms with Gasteiger partial charge in [-0.3, -0.25) is 4.79 Å². The summed E-state index contributed by atoms with van der Waals surface area (Å²) in [6, 6.07) is 4.84. The van der Waals surface area contributed by atoms with E-state index in [2.05, 4.69) is 5.32 Å². The maximum atomic E-state index is 12.8. The van der Waals surface area contributed by atoms with E-state index in [1.165, 1.54) is 4.90 Å². The maximum absolute atomic E-state index is 12.8. The number of benzene rings is 1. The van der Waals surface area contributed by atoms with Crippen molar-refractivity contribution < 1.29 is 18.0 Å². The Morgan fingerprint density at radius 2 is 2.12 bits per heavy atom. The summed E-state index contributed by atoms with van der Waals surface area (Å²) < 4.78 is 38.4. The van der Waals surface area contributed by atoms with E-state index in [4.69, 9.17) is 23.2 Å². The van der Waals surface area contributed by atoms with Crippen molar-refractivity contribution in [2.24, 2.45) is 5.92 Å². The first-order valence-corrected chi connectivity index (χ1v) is 8.47. The molecule has 1 aromatic rings. The van der Waals surface area contributed by atoms with Crippen LogP contribution in [0.5, 0.6) is 0 Å². The predicted molar refractivity (Wildman–Crippen MR) is 88.2 cm³/mol. The SMILES string of the molecule is CC(NCC(=O)N1CCCC(C(F)(F)F)C1)c1ccc(Cl)cc1Cl. The van der Waals surface area contributed by atoms with Crippen molar-refractivity contribution >= 4 is 29.1 Å². The summed E-state index contributed by atoms with van der Waals surface area (Å²) in [5.41, 5.74) is 0.778. The van der Waals surface area contributed by atoms with Gasteiger partial charge in [0, 0.05) is 29.2 Å². The third kappa shape index (κ3) is 5.01. The predicted octanol–water partition coefficient (Wildman–Crippen LogP) is 4.44. The lowest BCUT2D eigenvalue weighted by Crippen LogP contribution is -2.47. The first-order chi connectivity index (χ1) is 11.2. The van der Waals surface area contributed by atoms with Gasteiger partial charge in [0.1, 0.15) is 0 Å². The van der Waals surface area contributed by atoms with Crippen LogP contribution < -0.4 is 5.32 Å². The first kappa shape index (κ1) is 19.3. The van der Waals surface area contributed by atoms with E-state index in [0.29, 0.717) is 23.0 Å². The molecule has 1 N–H and O–H groups in total. The van der Waals surface area contributed by atoms with Crippen molar-refractivity contribution in [2.45, 2.75) is 32.0 Å². The molecular weight excluding hydrogens is 364 g/mol. The van der Waals surface area contributed by atoms with E-state index < -0.39 is 12.1 Å². The molecule has 1 aliphatic rings. The molecule has 1 aromatic carbocycles. The number of hydrogen-bond acceptors (Lipinski definition) is 2. The van der Waals surface area contributed by atoms with Gasteiger partial charge < -0.3 is 10.2 Å².